The topological polar surface area (TPSA) is 38.7 Å². The van der Waals surface area contributed by atoms with Gasteiger partial charge in [0.1, 0.15) is 5.60 Å². The molecule has 1 spiro atoms. The van der Waals surface area contributed by atoms with Crippen LogP contribution in [0.25, 0.3) is 0 Å². The van der Waals surface area contributed by atoms with E-state index in [0.29, 0.717) is 6.61 Å². The lowest BCUT2D eigenvalue weighted by Gasteiger charge is -2.49. The fourth-order valence-corrected chi connectivity index (χ4v) is 2.83. The van der Waals surface area contributed by atoms with E-state index >= 15 is 0 Å². The summed E-state index contributed by atoms with van der Waals surface area (Å²) in [5, 5.41) is 10.1. The van der Waals surface area contributed by atoms with Crippen molar-refractivity contribution < 1.29 is 14.6 Å². The summed E-state index contributed by atoms with van der Waals surface area (Å²) >= 11 is 0. The summed E-state index contributed by atoms with van der Waals surface area (Å²) in [6.07, 6.45) is 2.59. The van der Waals surface area contributed by atoms with Crippen LogP contribution in [0.1, 0.15) is 47.0 Å². The van der Waals surface area contributed by atoms with Crippen LogP contribution in [0.4, 0.5) is 0 Å². The van der Waals surface area contributed by atoms with Gasteiger partial charge in [-0.2, -0.15) is 0 Å². The highest BCUT2D eigenvalue weighted by Gasteiger charge is 2.58. The molecule has 0 unspecified atom stereocenters. The normalized spacial score (nSPS) is 43.4. The van der Waals surface area contributed by atoms with Gasteiger partial charge < -0.3 is 14.6 Å². The van der Waals surface area contributed by atoms with Crippen molar-refractivity contribution in [2.24, 2.45) is 5.41 Å². The van der Waals surface area contributed by atoms with Crippen LogP contribution in [0.5, 0.6) is 0 Å². The van der Waals surface area contributed by atoms with Crippen LogP contribution >= 0.6 is 0 Å². The van der Waals surface area contributed by atoms with E-state index in [1.807, 2.05) is 13.8 Å². The SMILES string of the molecule is CC1(C)OC[C@@]2(CCC[C@H](O)C2(C)C)O1. The van der Waals surface area contributed by atoms with E-state index in [1.165, 1.54) is 0 Å². The van der Waals surface area contributed by atoms with Gasteiger partial charge in [0.2, 0.25) is 0 Å². The Labute approximate surface area is 91.8 Å². The molecule has 0 aromatic heterocycles. The fourth-order valence-electron chi connectivity index (χ4n) is 2.83. The molecule has 0 radical (unpaired) electrons. The van der Waals surface area contributed by atoms with Crippen LogP contribution in [0, 0.1) is 5.41 Å². The predicted octanol–water partition coefficient (Wildman–Crippen LogP) is 2.08. The standard InChI is InChI=1S/C12H22O3/c1-10(2)9(13)6-5-7-12(10)8-14-11(3,4)15-12/h9,13H,5-8H2,1-4H3/t9-,12+/m0/s1. The average Bonchev–Trinajstić information content (AvgIpc) is 2.41. The fraction of sp³-hybridized carbons (Fsp3) is 1.00. The largest absolute Gasteiger partial charge is 0.392 e. The van der Waals surface area contributed by atoms with Crippen molar-refractivity contribution in [1.29, 1.82) is 0 Å². The molecule has 3 nitrogen and oxygen atoms in total. The molecule has 1 N–H and O–H groups in total. The van der Waals surface area contributed by atoms with Crippen molar-refractivity contribution in [3.05, 3.63) is 0 Å². The van der Waals surface area contributed by atoms with E-state index in [-0.39, 0.29) is 17.1 Å². The van der Waals surface area contributed by atoms with Crippen molar-refractivity contribution in [2.75, 3.05) is 6.61 Å². The van der Waals surface area contributed by atoms with E-state index < -0.39 is 5.79 Å². The zero-order chi connectivity index (χ0) is 11.3. The number of hydrogen-bond acceptors (Lipinski definition) is 3. The van der Waals surface area contributed by atoms with Crippen LogP contribution in [0.15, 0.2) is 0 Å². The highest BCUT2D eigenvalue weighted by Crippen LogP contribution is 2.51. The van der Waals surface area contributed by atoms with Gasteiger partial charge in [-0.15, -0.1) is 0 Å². The lowest BCUT2D eigenvalue weighted by Crippen LogP contribution is -2.56. The second-order valence-corrected chi connectivity index (χ2v) is 5.91. The Morgan fingerprint density at radius 3 is 2.40 bits per heavy atom. The number of aliphatic hydroxyl groups excluding tert-OH is 1. The van der Waals surface area contributed by atoms with Gasteiger partial charge in [0.05, 0.1) is 12.7 Å². The monoisotopic (exact) mass is 214 g/mol. The van der Waals surface area contributed by atoms with E-state index in [1.54, 1.807) is 0 Å². The molecule has 1 aliphatic carbocycles. The maximum absolute atomic E-state index is 10.1. The molecule has 0 bridgehead atoms. The van der Waals surface area contributed by atoms with Crippen molar-refractivity contribution in [3.8, 4) is 0 Å². The molecule has 3 heteroatoms. The number of ether oxygens (including phenoxy) is 2. The summed E-state index contributed by atoms with van der Waals surface area (Å²) in [5.41, 5.74) is -0.521. The second kappa shape index (κ2) is 3.19. The summed E-state index contributed by atoms with van der Waals surface area (Å²) in [4.78, 5) is 0. The molecular weight excluding hydrogens is 192 g/mol. The zero-order valence-corrected chi connectivity index (χ0v) is 10.2. The van der Waals surface area contributed by atoms with Crippen molar-refractivity contribution >= 4 is 0 Å². The molecule has 1 aliphatic heterocycles. The van der Waals surface area contributed by atoms with Crippen LogP contribution in [0.3, 0.4) is 0 Å². The Morgan fingerprint density at radius 1 is 1.20 bits per heavy atom. The highest BCUT2D eigenvalue weighted by atomic mass is 16.8. The van der Waals surface area contributed by atoms with Gasteiger partial charge in [-0.1, -0.05) is 13.8 Å². The van der Waals surface area contributed by atoms with Crippen LogP contribution < -0.4 is 0 Å². The molecule has 0 aromatic rings. The lowest BCUT2D eigenvalue weighted by atomic mass is 9.64. The first-order chi connectivity index (χ1) is 6.79. The van der Waals surface area contributed by atoms with Gasteiger partial charge in [0, 0.05) is 5.41 Å². The van der Waals surface area contributed by atoms with Crippen LogP contribution in [-0.2, 0) is 9.47 Å². The first-order valence-corrected chi connectivity index (χ1v) is 5.81. The molecule has 2 aliphatic rings. The molecule has 2 atom stereocenters. The highest BCUT2D eigenvalue weighted by molar-refractivity contribution is 5.05. The van der Waals surface area contributed by atoms with Crippen LogP contribution in [0.2, 0.25) is 0 Å². The molecular formula is C12H22O3. The quantitative estimate of drug-likeness (QED) is 0.671. The molecule has 2 fully saturated rings. The summed E-state index contributed by atoms with van der Waals surface area (Å²) in [6.45, 7) is 8.66. The van der Waals surface area contributed by atoms with Gasteiger partial charge in [-0.05, 0) is 33.1 Å². The Morgan fingerprint density at radius 2 is 1.87 bits per heavy atom. The number of rotatable bonds is 0. The minimum absolute atomic E-state index is 0.223. The average molecular weight is 214 g/mol. The molecule has 15 heavy (non-hydrogen) atoms. The van der Waals surface area contributed by atoms with E-state index in [4.69, 9.17) is 9.47 Å². The van der Waals surface area contributed by atoms with Crippen molar-refractivity contribution in [2.45, 2.75) is 64.4 Å². The van der Waals surface area contributed by atoms with E-state index in [2.05, 4.69) is 13.8 Å². The molecule has 1 heterocycles. The second-order valence-electron chi connectivity index (χ2n) is 5.91. The van der Waals surface area contributed by atoms with Crippen LogP contribution in [-0.4, -0.2) is 29.2 Å². The summed E-state index contributed by atoms with van der Waals surface area (Å²) < 4.78 is 11.8. The van der Waals surface area contributed by atoms with E-state index in [9.17, 15) is 5.11 Å². The van der Waals surface area contributed by atoms with Crippen molar-refractivity contribution in [3.63, 3.8) is 0 Å². The summed E-state index contributed by atoms with van der Waals surface area (Å²) in [7, 11) is 0. The van der Waals surface area contributed by atoms with Crippen molar-refractivity contribution in [1.82, 2.24) is 0 Å². The summed E-state index contributed by atoms with van der Waals surface area (Å²) in [5.74, 6) is -0.506. The maximum Gasteiger partial charge on any atom is 0.163 e. The third kappa shape index (κ3) is 1.61. The first kappa shape index (κ1) is 11.4. The molecule has 0 aromatic carbocycles. The Kier molecular flexibility index (Phi) is 2.42. The molecule has 1 saturated carbocycles. The van der Waals surface area contributed by atoms with Gasteiger partial charge >= 0.3 is 0 Å². The zero-order valence-electron chi connectivity index (χ0n) is 10.2. The molecule has 1 saturated heterocycles. The van der Waals surface area contributed by atoms with Gasteiger partial charge in [0.25, 0.3) is 0 Å². The number of hydrogen-bond donors (Lipinski definition) is 1. The Hall–Kier alpha value is -0.120. The number of aliphatic hydroxyl groups is 1. The van der Waals surface area contributed by atoms with Gasteiger partial charge in [0.15, 0.2) is 5.79 Å². The lowest BCUT2D eigenvalue weighted by molar-refractivity contribution is -0.216. The molecule has 88 valence electrons. The minimum atomic E-state index is -0.506. The smallest absolute Gasteiger partial charge is 0.163 e. The first-order valence-electron chi connectivity index (χ1n) is 5.81. The molecule has 2 rings (SSSR count). The van der Waals surface area contributed by atoms with E-state index in [0.717, 1.165) is 19.3 Å². The third-order valence-electron chi connectivity index (χ3n) is 4.16. The third-order valence-corrected chi connectivity index (χ3v) is 4.16. The molecule has 0 amide bonds. The van der Waals surface area contributed by atoms with Gasteiger partial charge in [-0.3, -0.25) is 0 Å². The van der Waals surface area contributed by atoms with Gasteiger partial charge in [-0.25, -0.2) is 0 Å². The maximum atomic E-state index is 10.1. The summed E-state index contributed by atoms with van der Waals surface area (Å²) in [6, 6.07) is 0. The Bertz CT molecular complexity index is 260. The predicted molar refractivity (Wildman–Crippen MR) is 57.5 cm³/mol. The Balaban J connectivity index is 2.27. The minimum Gasteiger partial charge on any atom is -0.392 e.